The standard InChI is InChI=1S/C21H19ClN2O5S/c1-28-18-8-7-16-11-17(21(22)24-19(16)12-18)14-29-20(25)13-23-30(26,27)10-9-15-5-3-2-4-6-15/h2-12,23H,13-14H2,1H3/b10-9+. The van der Waals surface area contributed by atoms with Crippen LogP contribution in [-0.4, -0.2) is 33.0 Å². The van der Waals surface area contributed by atoms with Crippen LogP contribution >= 0.6 is 11.6 Å². The molecule has 3 aromatic rings. The third kappa shape index (κ3) is 6.03. The van der Waals surface area contributed by atoms with E-state index in [1.807, 2.05) is 12.1 Å². The number of benzene rings is 2. The lowest BCUT2D eigenvalue weighted by atomic mass is 10.1. The molecule has 0 unspecified atom stereocenters. The molecule has 7 nitrogen and oxygen atoms in total. The van der Waals surface area contributed by atoms with Crippen molar-refractivity contribution in [2.75, 3.05) is 13.7 Å². The second-order valence-electron chi connectivity index (χ2n) is 6.24. The highest BCUT2D eigenvalue weighted by molar-refractivity contribution is 7.92. The molecule has 30 heavy (non-hydrogen) atoms. The summed E-state index contributed by atoms with van der Waals surface area (Å²) in [4.78, 5) is 16.2. The van der Waals surface area contributed by atoms with Crippen molar-refractivity contribution in [1.82, 2.24) is 9.71 Å². The topological polar surface area (TPSA) is 94.6 Å². The Bertz CT molecular complexity index is 1180. The van der Waals surface area contributed by atoms with Crippen molar-refractivity contribution in [2.45, 2.75) is 6.61 Å². The van der Waals surface area contributed by atoms with E-state index in [2.05, 4.69) is 9.71 Å². The summed E-state index contributed by atoms with van der Waals surface area (Å²) in [5, 5.41) is 1.99. The van der Waals surface area contributed by atoms with Gasteiger partial charge in [0.05, 0.1) is 12.6 Å². The molecule has 0 bridgehead atoms. The summed E-state index contributed by atoms with van der Waals surface area (Å²) in [6.45, 7) is -0.633. The van der Waals surface area contributed by atoms with Crippen molar-refractivity contribution in [3.8, 4) is 5.75 Å². The number of carbonyl (C=O) groups excluding carboxylic acids is 1. The highest BCUT2D eigenvalue weighted by Gasteiger charge is 2.12. The van der Waals surface area contributed by atoms with Gasteiger partial charge in [-0.05, 0) is 29.8 Å². The van der Waals surface area contributed by atoms with Crippen molar-refractivity contribution in [3.63, 3.8) is 0 Å². The number of hydrogen-bond acceptors (Lipinski definition) is 6. The maximum Gasteiger partial charge on any atom is 0.321 e. The fraction of sp³-hybridized carbons (Fsp3) is 0.143. The molecular weight excluding hydrogens is 428 g/mol. The van der Waals surface area contributed by atoms with Crippen molar-refractivity contribution in [2.24, 2.45) is 0 Å². The average molecular weight is 447 g/mol. The molecule has 0 fully saturated rings. The molecule has 0 radical (unpaired) electrons. The minimum absolute atomic E-state index is 0.131. The number of sulfonamides is 1. The number of nitrogens with zero attached hydrogens (tertiary/aromatic N) is 1. The van der Waals surface area contributed by atoms with E-state index in [0.29, 0.717) is 16.8 Å². The SMILES string of the molecule is COc1ccc2cc(COC(=O)CNS(=O)(=O)/C=C/c3ccccc3)c(Cl)nc2c1. The number of carbonyl (C=O) groups is 1. The quantitative estimate of drug-likeness (QED) is 0.420. The molecule has 0 aliphatic rings. The Balaban J connectivity index is 1.56. The van der Waals surface area contributed by atoms with E-state index in [4.69, 9.17) is 21.1 Å². The summed E-state index contributed by atoms with van der Waals surface area (Å²) in [5.74, 6) is -0.0866. The first-order valence-corrected chi connectivity index (χ1v) is 10.8. The molecule has 0 aliphatic carbocycles. The van der Waals surface area contributed by atoms with Gasteiger partial charge in [-0.25, -0.2) is 18.1 Å². The summed E-state index contributed by atoms with van der Waals surface area (Å²) in [6, 6.07) is 16.0. The Hall–Kier alpha value is -2.94. The Morgan fingerprint density at radius 2 is 1.93 bits per heavy atom. The minimum Gasteiger partial charge on any atom is -0.497 e. The summed E-state index contributed by atoms with van der Waals surface area (Å²) in [5.41, 5.74) is 1.88. The number of methoxy groups -OCH3 is 1. The van der Waals surface area contributed by atoms with Gasteiger partial charge in [-0.3, -0.25) is 4.79 Å². The van der Waals surface area contributed by atoms with Gasteiger partial charge in [0.1, 0.15) is 24.1 Å². The van der Waals surface area contributed by atoms with Crippen molar-refractivity contribution >= 4 is 44.6 Å². The van der Waals surface area contributed by atoms with Crippen molar-refractivity contribution in [3.05, 3.63) is 76.3 Å². The van der Waals surface area contributed by atoms with Gasteiger partial charge in [0.15, 0.2) is 0 Å². The Kier molecular flexibility index (Phi) is 7.04. The van der Waals surface area contributed by atoms with Gasteiger partial charge in [0.25, 0.3) is 0 Å². The van der Waals surface area contributed by atoms with Crippen LogP contribution in [0.1, 0.15) is 11.1 Å². The van der Waals surface area contributed by atoms with Crippen LogP contribution in [0.4, 0.5) is 0 Å². The highest BCUT2D eigenvalue weighted by Crippen LogP contribution is 2.24. The summed E-state index contributed by atoms with van der Waals surface area (Å²) < 4.78 is 36.4. The van der Waals surface area contributed by atoms with Gasteiger partial charge in [0.2, 0.25) is 10.0 Å². The smallest absolute Gasteiger partial charge is 0.321 e. The predicted molar refractivity (Wildman–Crippen MR) is 115 cm³/mol. The number of halogens is 1. The Morgan fingerprint density at radius 3 is 2.67 bits per heavy atom. The van der Waals surface area contributed by atoms with E-state index in [9.17, 15) is 13.2 Å². The van der Waals surface area contributed by atoms with Gasteiger partial charge >= 0.3 is 5.97 Å². The van der Waals surface area contributed by atoms with E-state index >= 15 is 0 Å². The fourth-order valence-corrected chi connectivity index (χ4v) is 3.50. The van der Waals surface area contributed by atoms with E-state index in [1.54, 1.807) is 49.6 Å². The molecule has 1 heterocycles. The normalized spacial score (nSPS) is 11.7. The number of aromatic nitrogens is 1. The van der Waals surface area contributed by atoms with Gasteiger partial charge in [-0.1, -0.05) is 41.9 Å². The van der Waals surface area contributed by atoms with Crippen molar-refractivity contribution < 1.29 is 22.7 Å². The first kappa shape index (κ1) is 21.8. The zero-order valence-electron chi connectivity index (χ0n) is 16.0. The third-order valence-electron chi connectivity index (χ3n) is 4.10. The first-order chi connectivity index (χ1) is 14.4. The van der Waals surface area contributed by atoms with Crippen LogP contribution in [0, 0.1) is 0 Å². The molecular formula is C21H19ClN2O5S. The maximum absolute atomic E-state index is 12.0. The molecule has 0 atom stereocenters. The highest BCUT2D eigenvalue weighted by atomic mass is 35.5. The first-order valence-electron chi connectivity index (χ1n) is 8.88. The number of fused-ring (bicyclic) bond motifs is 1. The lowest BCUT2D eigenvalue weighted by Crippen LogP contribution is -2.29. The molecule has 0 saturated heterocycles. The van der Waals surface area contributed by atoms with Crippen LogP contribution in [-0.2, 0) is 26.2 Å². The van der Waals surface area contributed by atoms with Crippen LogP contribution < -0.4 is 9.46 Å². The predicted octanol–water partition coefficient (Wildman–Crippen LogP) is 3.53. The van der Waals surface area contributed by atoms with Gasteiger partial charge in [-0.2, -0.15) is 0 Å². The zero-order chi connectivity index (χ0) is 21.6. The second-order valence-corrected chi connectivity index (χ2v) is 8.25. The van der Waals surface area contributed by atoms with Crippen LogP contribution in [0.2, 0.25) is 5.15 Å². The van der Waals surface area contributed by atoms with E-state index in [0.717, 1.165) is 16.4 Å². The second kappa shape index (κ2) is 9.71. The molecule has 0 aliphatic heterocycles. The maximum atomic E-state index is 12.0. The molecule has 0 spiro atoms. The summed E-state index contributed by atoms with van der Waals surface area (Å²) >= 11 is 6.17. The summed E-state index contributed by atoms with van der Waals surface area (Å²) in [7, 11) is -2.23. The molecule has 2 aromatic carbocycles. The lowest BCUT2D eigenvalue weighted by Gasteiger charge is -2.09. The van der Waals surface area contributed by atoms with Gasteiger partial charge in [0, 0.05) is 22.4 Å². The zero-order valence-corrected chi connectivity index (χ0v) is 17.6. The van der Waals surface area contributed by atoms with Crippen LogP contribution in [0.15, 0.2) is 60.0 Å². The summed E-state index contributed by atoms with van der Waals surface area (Å²) in [6.07, 6.45) is 1.43. The van der Waals surface area contributed by atoms with Gasteiger partial charge in [-0.15, -0.1) is 0 Å². The molecule has 1 N–H and O–H groups in total. The number of pyridine rings is 1. The molecule has 0 amide bonds. The van der Waals surface area contributed by atoms with Crippen LogP contribution in [0.3, 0.4) is 0 Å². The van der Waals surface area contributed by atoms with Crippen LogP contribution in [0.25, 0.3) is 17.0 Å². The fourth-order valence-electron chi connectivity index (χ4n) is 2.54. The lowest BCUT2D eigenvalue weighted by molar-refractivity contribution is -0.143. The largest absolute Gasteiger partial charge is 0.497 e. The number of ether oxygens (including phenoxy) is 2. The average Bonchev–Trinajstić information content (AvgIpc) is 2.75. The van der Waals surface area contributed by atoms with E-state index in [1.165, 1.54) is 6.08 Å². The van der Waals surface area contributed by atoms with Crippen molar-refractivity contribution in [1.29, 1.82) is 0 Å². The Labute approximate surface area is 179 Å². The number of nitrogens with one attached hydrogen (secondary N) is 1. The monoisotopic (exact) mass is 446 g/mol. The molecule has 3 rings (SSSR count). The number of hydrogen-bond donors (Lipinski definition) is 1. The Morgan fingerprint density at radius 1 is 1.17 bits per heavy atom. The number of esters is 1. The third-order valence-corrected chi connectivity index (χ3v) is 5.46. The molecule has 156 valence electrons. The molecule has 9 heteroatoms. The van der Waals surface area contributed by atoms with Crippen LogP contribution in [0.5, 0.6) is 5.75 Å². The number of rotatable bonds is 8. The van der Waals surface area contributed by atoms with E-state index < -0.39 is 22.5 Å². The molecule has 1 aromatic heterocycles. The van der Waals surface area contributed by atoms with E-state index in [-0.39, 0.29) is 11.8 Å². The van der Waals surface area contributed by atoms with Gasteiger partial charge < -0.3 is 9.47 Å². The molecule has 0 saturated carbocycles. The minimum atomic E-state index is -3.78.